The Labute approximate surface area is 250 Å². The Morgan fingerprint density at radius 3 is 2.51 bits per heavy atom. The standard InChI is InChI=1S/C35H39N3O5/c1-5-42-34(41)21-10-8-16-38(20-21)17-9-15-36-26-19-28-31(37-25-14-13-22(35(2,3)4)18-27(25)43-28)30-29(26)32(39)23-11-6-7-12-24(23)33(30)40/h6-7,11-14,18-19,21,36-37H,5,8-10,15-17,20H2,1-4H3. The SMILES string of the molecule is CCOC(=O)C1CCCN(CCCNc2cc3oc4cc(C(C)(C)C)ccc4[nH]c3c3c(=O)c4ccccc4c(=O)c23)C1. The maximum absolute atomic E-state index is 13.9. The maximum Gasteiger partial charge on any atom is 0.310 e. The van der Waals surface area contributed by atoms with Crippen molar-refractivity contribution in [3.8, 4) is 0 Å². The first kappa shape index (κ1) is 28.9. The van der Waals surface area contributed by atoms with E-state index in [1.807, 2.05) is 25.1 Å². The first-order valence-corrected chi connectivity index (χ1v) is 15.3. The molecule has 0 spiro atoms. The lowest BCUT2D eigenvalue weighted by atomic mass is 9.87. The van der Waals surface area contributed by atoms with Gasteiger partial charge in [0.15, 0.2) is 22.0 Å². The van der Waals surface area contributed by atoms with Gasteiger partial charge in [-0.05, 0) is 62.4 Å². The molecule has 224 valence electrons. The molecule has 1 atom stereocenters. The van der Waals surface area contributed by atoms with Crippen LogP contribution < -0.4 is 16.2 Å². The summed E-state index contributed by atoms with van der Waals surface area (Å²) in [6.45, 7) is 11.7. The molecular weight excluding hydrogens is 542 g/mol. The molecule has 0 aliphatic carbocycles. The molecule has 1 aromatic heterocycles. The van der Waals surface area contributed by atoms with Crippen LogP contribution in [0.2, 0.25) is 0 Å². The molecule has 6 rings (SSSR count). The molecule has 1 unspecified atom stereocenters. The van der Waals surface area contributed by atoms with E-state index in [9.17, 15) is 14.4 Å². The number of hydrogen-bond donors (Lipinski definition) is 2. The van der Waals surface area contributed by atoms with E-state index in [0.29, 0.717) is 63.6 Å². The zero-order chi connectivity index (χ0) is 30.3. The number of nitrogens with zero attached hydrogens (tertiary/aromatic N) is 1. The molecule has 2 N–H and O–H groups in total. The lowest BCUT2D eigenvalue weighted by molar-refractivity contribution is -0.149. The Hall–Kier alpha value is -4.17. The minimum atomic E-state index is -0.200. The van der Waals surface area contributed by atoms with Crippen molar-refractivity contribution in [2.75, 3.05) is 38.1 Å². The summed E-state index contributed by atoms with van der Waals surface area (Å²) >= 11 is 0. The van der Waals surface area contributed by atoms with E-state index in [1.165, 1.54) is 0 Å². The number of carbonyl (C=O) groups excluding carboxylic acids is 1. The number of aromatic nitrogens is 1. The fraction of sp³-hybridized carbons (Fsp3) is 0.400. The van der Waals surface area contributed by atoms with Gasteiger partial charge in [-0.25, -0.2) is 0 Å². The third-order valence-corrected chi connectivity index (χ3v) is 8.58. The van der Waals surface area contributed by atoms with Gasteiger partial charge in [-0.3, -0.25) is 14.4 Å². The van der Waals surface area contributed by atoms with Crippen LogP contribution in [-0.4, -0.2) is 48.6 Å². The van der Waals surface area contributed by atoms with Crippen LogP contribution in [0.3, 0.4) is 0 Å². The topological polar surface area (TPSA) is 105 Å². The molecule has 8 heteroatoms. The van der Waals surface area contributed by atoms with Crippen molar-refractivity contribution in [1.29, 1.82) is 0 Å². The summed E-state index contributed by atoms with van der Waals surface area (Å²) in [6.07, 6.45) is 2.63. The van der Waals surface area contributed by atoms with E-state index in [1.54, 1.807) is 24.3 Å². The van der Waals surface area contributed by atoms with Gasteiger partial charge in [0.1, 0.15) is 0 Å². The number of ether oxygens (including phenoxy) is 1. The number of benzene rings is 4. The average molecular weight is 582 g/mol. The largest absolute Gasteiger partial charge is 0.466 e. The van der Waals surface area contributed by atoms with Gasteiger partial charge < -0.3 is 24.4 Å². The number of aromatic amines is 1. The number of nitrogens with one attached hydrogen (secondary N) is 2. The molecule has 1 aliphatic rings. The number of esters is 1. The molecule has 0 amide bonds. The van der Waals surface area contributed by atoms with Gasteiger partial charge in [0, 0.05) is 35.6 Å². The molecule has 4 aromatic carbocycles. The summed E-state index contributed by atoms with van der Waals surface area (Å²) in [5, 5.41) is 4.97. The molecule has 43 heavy (non-hydrogen) atoms. The summed E-state index contributed by atoms with van der Waals surface area (Å²) in [5.74, 6) is -0.191. The summed E-state index contributed by atoms with van der Waals surface area (Å²) in [6, 6.07) is 14.9. The van der Waals surface area contributed by atoms with Crippen LogP contribution in [0, 0.1) is 5.92 Å². The highest BCUT2D eigenvalue weighted by Gasteiger charge is 2.26. The Morgan fingerprint density at radius 2 is 1.79 bits per heavy atom. The second-order valence-corrected chi connectivity index (χ2v) is 12.6. The number of likely N-dealkylation sites (tertiary alicyclic amines) is 1. The number of H-pyrrole nitrogens is 1. The fourth-order valence-corrected chi connectivity index (χ4v) is 6.28. The van der Waals surface area contributed by atoms with E-state index in [4.69, 9.17) is 9.15 Å². The third kappa shape index (κ3) is 5.52. The van der Waals surface area contributed by atoms with Crippen molar-refractivity contribution in [3.63, 3.8) is 0 Å². The zero-order valence-corrected chi connectivity index (χ0v) is 25.3. The van der Waals surface area contributed by atoms with E-state index in [2.05, 4.69) is 42.0 Å². The monoisotopic (exact) mass is 581 g/mol. The molecule has 1 saturated heterocycles. The lowest BCUT2D eigenvalue weighted by Gasteiger charge is -2.31. The van der Waals surface area contributed by atoms with E-state index in [0.717, 1.165) is 43.4 Å². The fourth-order valence-electron chi connectivity index (χ4n) is 6.28. The molecule has 0 saturated carbocycles. The summed E-state index contributed by atoms with van der Waals surface area (Å²) < 4.78 is 11.7. The summed E-state index contributed by atoms with van der Waals surface area (Å²) in [4.78, 5) is 45.8. The lowest BCUT2D eigenvalue weighted by Crippen LogP contribution is -2.40. The molecule has 2 heterocycles. The van der Waals surface area contributed by atoms with Gasteiger partial charge in [-0.1, -0.05) is 51.1 Å². The number of fused-ring (bicyclic) bond motifs is 5. The first-order valence-electron chi connectivity index (χ1n) is 15.3. The third-order valence-electron chi connectivity index (χ3n) is 8.58. The molecule has 8 nitrogen and oxygen atoms in total. The molecule has 0 bridgehead atoms. The second-order valence-electron chi connectivity index (χ2n) is 12.6. The second kappa shape index (κ2) is 11.5. The van der Waals surface area contributed by atoms with Crippen LogP contribution in [0.15, 0.2) is 62.5 Å². The molecule has 0 radical (unpaired) electrons. The van der Waals surface area contributed by atoms with Crippen molar-refractivity contribution < 1.29 is 13.9 Å². The zero-order valence-electron chi connectivity index (χ0n) is 25.3. The van der Waals surface area contributed by atoms with E-state index in [-0.39, 0.29) is 28.2 Å². The molecule has 1 fully saturated rings. The van der Waals surface area contributed by atoms with E-state index < -0.39 is 0 Å². The summed E-state index contributed by atoms with van der Waals surface area (Å²) in [7, 11) is 0. The Kier molecular flexibility index (Phi) is 7.73. The van der Waals surface area contributed by atoms with Gasteiger partial charge in [0.25, 0.3) is 0 Å². The van der Waals surface area contributed by atoms with Crippen molar-refractivity contribution in [2.45, 2.75) is 52.4 Å². The van der Waals surface area contributed by atoms with Crippen LogP contribution in [0.5, 0.6) is 0 Å². The van der Waals surface area contributed by atoms with Crippen LogP contribution in [0.4, 0.5) is 5.69 Å². The molecular formula is C35H39N3O5. The molecule has 5 aromatic rings. The van der Waals surface area contributed by atoms with Gasteiger partial charge in [0.2, 0.25) is 0 Å². The maximum atomic E-state index is 13.9. The Morgan fingerprint density at radius 1 is 1.05 bits per heavy atom. The first-order chi connectivity index (χ1) is 20.7. The average Bonchev–Trinajstić information content (AvgIpc) is 3.00. The highest BCUT2D eigenvalue weighted by atomic mass is 16.5. The number of piperidine rings is 1. The van der Waals surface area contributed by atoms with Crippen LogP contribution in [-0.2, 0) is 14.9 Å². The number of carbonyl (C=O) groups is 1. The van der Waals surface area contributed by atoms with Crippen molar-refractivity contribution in [1.82, 2.24) is 9.88 Å². The van der Waals surface area contributed by atoms with E-state index >= 15 is 0 Å². The minimum absolute atomic E-state index is 0.0575. The number of rotatable bonds is 7. The normalized spacial score (nSPS) is 16.3. The highest BCUT2D eigenvalue weighted by molar-refractivity contribution is 6.14. The van der Waals surface area contributed by atoms with Crippen LogP contribution in [0.25, 0.3) is 43.7 Å². The Bertz CT molecular complexity index is 1970. The van der Waals surface area contributed by atoms with Gasteiger partial charge in [0.05, 0.1) is 34.3 Å². The predicted molar refractivity (Wildman–Crippen MR) is 173 cm³/mol. The smallest absolute Gasteiger partial charge is 0.310 e. The molecule has 1 aliphatic heterocycles. The Balaban J connectivity index is 1.38. The minimum Gasteiger partial charge on any atom is -0.466 e. The van der Waals surface area contributed by atoms with Crippen LogP contribution >= 0.6 is 0 Å². The number of anilines is 1. The summed E-state index contributed by atoms with van der Waals surface area (Å²) in [5.41, 5.74) is 3.74. The number of hydrogen-bond acceptors (Lipinski definition) is 7. The van der Waals surface area contributed by atoms with Gasteiger partial charge in [-0.2, -0.15) is 0 Å². The van der Waals surface area contributed by atoms with Crippen LogP contribution in [0.1, 0.15) is 52.5 Å². The highest BCUT2D eigenvalue weighted by Crippen LogP contribution is 2.33. The predicted octanol–water partition coefficient (Wildman–Crippen LogP) is 6.32. The van der Waals surface area contributed by atoms with Crippen molar-refractivity contribution >= 4 is 55.4 Å². The van der Waals surface area contributed by atoms with Gasteiger partial charge >= 0.3 is 5.97 Å². The quantitative estimate of drug-likeness (QED) is 0.100. The van der Waals surface area contributed by atoms with Gasteiger partial charge in [-0.15, -0.1) is 0 Å². The van der Waals surface area contributed by atoms with Crippen molar-refractivity contribution in [3.05, 3.63) is 74.5 Å². The van der Waals surface area contributed by atoms with Crippen molar-refractivity contribution in [2.24, 2.45) is 5.92 Å².